The molecule has 15 heavy (non-hydrogen) atoms. The van der Waals surface area contributed by atoms with E-state index in [4.69, 9.17) is 9.16 Å². The van der Waals surface area contributed by atoms with Crippen LogP contribution in [0.2, 0.25) is 19.6 Å². The summed E-state index contributed by atoms with van der Waals surface area (Å²) < 4.78 is 10.9. The van der Waals surface area contributed by atoms with Gasteiger partial charge in [0, 0.05) is 6.54 Å². The molecule has 0 saturated heterocycles. The van der Waals surface area contributed by atoms with E-state index in [9.17, 15) is 4.79 Å². The van der Waals surface area contributed by atoms with Crippen LogP contribution in [0.1, 0.15) is 0 Å². The quantitative estimate of drug-likeness (QED) is 0.387. The van der Waals surface area contributed by atoms with Gasteiger partial charge in [0.25, 0.3) is 0 Å². The summed E-state index contributed by atoms with van der Waals surface area (Å²) in [6.07, 6.45) is 1.24. The molecule has 0 aliphatic rings. The highest BCUT2D eigenvalue weighted by atomic mass is 28.4. The number of carbonyl (C=O) groups excluding carboxylic acids is 1. The number of hydrogen-bond acceptors (Lipinski definition) is 3. The number of nitrogens with one attached hydrogen (secondary N) is 1. The second kappa shape index (κ2) is 7.61. The fourth-order valence-electron chi connectivity index (χ4n) is 0.827. The molecular formula is C10H21NO3Si. The van der Waals surface area contributed by atoms with Crippen molar-refractivity contribution in [3.63, 3.8) is 0 Å². The molecule has 5 heteroatoms. The minimum absolute atomic E-state index is 0.169. The summed E-state index contributed by atoms with van der Waals surface area (Å²) in [5.41, 5.74) is 0. The Balaban J connectivity index is 3.19. The first-order valence-electron chi connectivity index (χ1n) is 5.07. The largest absolute Gasteiger partial charge is 0.415 e. The zero-order valence-corrected chi connectivity index (χ0v) is 10.8. The van der Waals surface area contributed by atoms with Crippen molar-refractivity contribution in [1.29, 1.82) is 0 Å². The molecular weight excluding hydrogens is 210 g/mol. The molecule has 1 amide bonds. The predicted octanol–water partition coefficient (Wildman–Crippen LogP) is 1.16. The van der Waals surface area contributed by atoms with E-state index in [-0.39, 0.29) is 5.91 Å². The van der Waals surface area contributed by atoms with Gasteiger partial charge in [-0.2, -0.15) is 0 Å². The van der Waals surface area contributed by atoms with Crippen molar-refractivity contribution < 1.29 is 14.0 Å². The van der Waals surface area contributed by atoms with Crippen molar-refractivity contribution in [1.82, 2.24) is 5.32 Å². The number of carbonyl (C=O) groups is 1. The van der Waals surface area contributed by atoms with Crippen molar-refractivity contribution in [2.45, 2.75) is 19.6 Å². The summed E-state index contributed by atoms with van der Waals surface area (Å²) in [5, 5.41) is 2.63. The van der Waals surface area contributed by atoms with Crippen molar-refractivity contribution in [2.75, 3.05) is 26.4 Å². The first-order chi connectivity index (χ1) is 6.95. The molecule has 0 spiro atoms. The average Bonchev–Trinajstić information content (AvgIpc) is 2.14. The maximum Gasteiger partial charge on any atom is 0.243 e. The molecule has 88 valence electrons. The summed E-state index contributed by atoms with van der Waals surface area (Å²) >= 11 is 0. The van der Waals surface area contributed by atoms with Crippen LogP contribution in [0.3, 0.4) is 0 Å². The Bertz CT molecular complexity index is 201. The molecule has 0 fully saturated rings. The Kier molecular flexibility index (Phi) is 7.28. The first kappa shape index (κ1) is 14.3. The fourth-order valence-corrected chi connectivity index (χ4v) is 1.52. The molecule has 0 aromatic carbocycles. The molecule has 0 radical (unpaired) electrons. The summed E-state index contributed by atoms with van der Waals surface area (Å²) in [4.78, 5) is 10.7. The van der Waals surface area contributed by atoms with Gasteiger partial charge in [-0.1, -0.05) is 6.58 Å². The van der Waals surface area contributed by atoms with E-state index in [2.05, 4.69) is 31.5 Å². The fraction of sp³-hybridized carbons (Fsp3) is 0.700. The van der Waals surface area contributed by atoms with E-state index in [0.29, 0.717) is 26.4 Å². The highest BCUT2D eigenvalue weighted by Crippen LogP contribution is 2.01. The minimum atomic E-state index is -1.41. The van der Waals surface area contributed by atoms with Crippen LogP contribution in [0, 0.1) is 0 Å². The number of rotatable bonds is 8. The van der Waals surface area contributed by atoms with Gasteiger partial charge in [0.2, 0.25) is 5.91 Å². The van der Waals surface area contributed by atoms with Gasteiger partial charge in [0.05, 0.1) is 19.8 Å². The molecule has 0 heterocycles. The normalized spacial score (nSPS) is 11.1. The maximum atomic E-state index is 10.7. The molecule has 0 rings (SSSR count). The van der Waals surface area contributed by atoms with Crippen LogP contribution in [-0.2, 0) is 14.0 Å². The molecule has 0 saturated carbocycles. The van der Waals surface area contributed by atoms with E-state index in [1.807, 2.05) is 0 Å². The summed E-state index contributed by atoms with van der Waals surface area (Å²) in [7, 11) is -1.41. The van der Waals surface area contributed by atoms with Crippen LogP contribution >= 0.6 is 0 Å². The molecule has 4 nitrogen and oxygen atoms in total. The molecule has 0 atom stereocenters. The molecule has 1 N–H and O–H groups in total. The third kappa shape index (κ3) is 11.3. The summed E-state index contributed by atoms with van der Waals surface area (Å²) in [6, 6.07) is 0. The standard InChI is InChI=1S/C10H21NO3Si/c1-5-10(12)11-6-7-13-8-9-14-15(2,3)4/h5H,1,6-9H2,2-4H3,(H,11,12). The molecule has 0 aliphatic heterocycles. The SMILES string of the molecule is C=CC(=O)NCCOCCO[Si](C)(C)C. The van der Waals surface area contributed by atoms with Crippen molar-refractivity contribution in [3.8, 4) is 0 Å². The average molecular weight is 231 g/mol. The molecule has 0 aliphatic carbocycles. The van der Waals surface area contributed by atoms with Crippen LogP contribution in [0.15, 0.2) is 12.7 Å². The molecule has 0 unspecified atom stereocenters. The van der Waals surface area contributed by atoms with Gasteiger partial charge >= 0.3 is 0 Å². The lowest BCUT2D eigenvalue weighted by Crippen LogP contribution is -2.28. The van der Waals surface area contributed by atoms with Crippen LogP contribution in [-0.4, -0.2) is 40.6 Å². The van der Waals surface area contributed by atoms with E-state index in [1.54, 1.807) is 0 Å². The first-order valence-corrected chi connectivity index (χ1v) is 8.48. The van der Waals surface area contributed by atoms with Crippen LogP contribution in [0.5, 0.6) is 0 Å². The Morgan fingerprint density at radius 3 is 2.53 bits per heavy atom. The lowest BCUT2D eigenvalue weighted by Gasteiger charge is -2.16. The predicted molar refractivity (Wildman–Crippen MR) is 63.3 cm³/mol. The topological polar surface area (TPSA) is 47.6 Å². The van der Waals surface area contributed by atoms with Gasteiger partial charge in [-0.05, 0) is 25.7 Å². The van der Waals surface area contributed by atoms with Crippen LogP contribution in [0.25, 0.3) is 0 Å². The molecule has 0 bridgehead atoms. The second-order valence-electron chi connectivity index (χ2n) is 4.07. The summed E-state index contributed by atoms with van der Waals surface area (Å²) in [5.74, 6) is -0.169. The third-order valence-corrected chi connectivity index (χ3v) is 2.56. The lowest BCUT2D eigenvalue weighted by molar-refractivity contribution is -0.116. The van der Waals surface area contributed by atoms with E-state index >= 15 is 0 Å². The smallest absolute Gasteiger partial charge is 0.243 e. The Hall–Kier alpha value is -0.653. The van der Waals surface area contributed by atoms with Crippen molar-refractivity contribution >= 4 is 14.2 Å². The minimum Gasteiger partial charge on any atom is -0.415 e. The molecule has 0 aromatic rings. The Morgan fingerprint density at radius 2 is 2.00 bits per heavy atom. The van der Waals surface area contributed by atoms with Gasteiger partial charge in [0.15, 0.2) is 8.32 Å². The van der Waals surface area contributed by atoms with Gasteiger partial charge in [-0.25, -0.2) is 0 Å². The van der Waals surface area contributed by atoms with Gasteiger partial charge < -0.3 is 14.5 Å². The highest BCUT2D eigenvalue weighted by Gasteiger charge is 2.12. The Labute approximate surface area is 92.8 Å². The molecule has 0 aromatic heterocycles. The van der Waals surface area contributed by atoms with Gasteiger partial charge in [-0.3, -0.25) is 4.79 Å². The highest BCUT2D eigenvalue weighted by molar-refractivity contribution is 6.69. The van der Waals surface area contributed by atoms with Gasteiger partial charge in [-0.15, -0.1) is 0 Å². The third-order valence-electron chi connectivity index (χ3n) is 1.49. The zero-order chi connectivity index (χ0) is 11.7. The van der Waals surface area contributed by atoms with E-state index < -0.39 is 8.32 Å². The maximum absolute atomic E-state index is 10.7. The van der Waals surface area contributed by atoms with Gasteiger partial charge in [0.1, 0.15) is 0 Å². The van der Waals surface area contributed by atoms with E-state index in [1.165, 1.54) is 6.08 Å². The van der Waals surface area contributed by atoms with Crippen molar-refractivity contribution in [3.05, 3.63) is 12.7 Å². The zero-order valence-electron chi connectivity index (χ0n) is 9.84. The monoisotopic (exact) mass is 231 g/mol. The van der Waals surface area contributed by atoms with Crippen LogP contribution < -0.4 is 5.32 Å². The lowest BCUT2D eigenvalue weighted by atomic mass is 10.5. The van der Waals surface area contributed by atoms with Crippen molar-refractivity contribution in [2.24, 2.45) is 0 Å². The number of hydrogen-bond donors (Lipinski definition) is 1. The summed E-state index contributed by atoms with van der Waals surface area (Å²) in [6.45, 7) is 12.0. The number of amides is 1. The Morgan fingerprint density at radius 1 is 1.33 bits per heavy atom. The number of ether oxygens (including phenoxy) is 1. The van der Waals surface area contributed by atoms with Crippen LogP contribution in [0.4, 0.5) is 0 Å². The second-order valence-corrected chi connectivity index (χ2v) is 8.58. The van der Waals surface area contributed by atoms with E-state index in [0.717, 1.165) is 0 Å².